The van der Waals surface area contributed by atoms with Gasteiger partial charge in [-0.3, -0.25) is 0 Å². The molecular weight excluding hydrogens is 452 g/mol. The number of aromatic nitrogens is 3. The minimum atomic E-state index is -3.57. The number of fused-ring (bicyclic) bond motifs is 1. The van der Waals surface area contributed by atoms with Crippen LogP contribution in [0, 0.1) is 13.8 Å². The molecule has 176 valence electrons. The van der Waals surface area contributed by atoms with Crippen LogP contribution in [0.5, 0.6) is 0 Å². The van der Waals surface area contributed by atoms with Gasteiger partial charge in [-0.2, -0.15) is 9.41 Å². The smallest absolute Gasteiger partial charge is 0.243 e. The van der Waals surface area contributed by atoms with E-state index >= 15 is 0 Å². The van der Waals surface area contributed by atoms with Gasteiger partial charge in [0.2, 0.25) is 16.0 Å². The van der Waals surface area contributed by atoms with Gasteiger partial charge in [0, 0.05) is 35.7 Å². The lowest BCUT2D eigenvalue weighted by molar-refractivity contribution is 0.0730. The summed E-state index contributed by atoms with van der Waals surface area (Å²) in [6, 6.07) is 16.8. The maximum Gasteiger partial charge on any atom is 0.243 e. The predicted octanol–water partition coefficient (Wildman–Crippen LogP) is 3.44. The zero-order valence-corrected chi connectivity index (χ0v) is 19.8. The number of aryl methyl sites for hydroxylation is 1. The molecule has 34 heavy (non-hydrogen) atoms. The number of hydrazone groups is 1. The third-order valence-electron chi connectivity index (χ3n) is 5.92. The van der Waals surface area contributed by atoms with Gasteiger partial charge in [0.15, 0.2) is 0 Å². The number of benzene rings is 2. The fourth-order valence-electron chi connectivity index (χ4n) is 4.20. The van der Waals surface area contributed by atoms with Crippen molar-refractivity contribution in [1.29, 1.82) is 0 Å². The molecule has 4 aromatic rings. The second-order valence-electron chi connectivity index (χ2n) is 8.15. The summed E-state index contributed by atoms with van der Waals surface area (Å²) in [6.07, 6.45) is 1.74. The van der Waals surface area contributed by atoms with Crippen LogP contribution in [-0.4, -0.2) is 59.8 Å². The molecule has 0 saturated carbocycles. The maximum absolute atomic E-state index is 13.1. The maximum atomic E-state index is 13.1. The summed E-state index contributed by atoms with van der Waals surface area (Å²) in [7, 11) is -3.57. The fraction of sp³-hybridized carbons (Fsp3) is 0.250. The summed E-state index contributed by atoms with van der Waals surface area (Å²) < 4.78 is 35.0. The molecule has 0 amide bonds. The second kappa shape index (κ2) is 9.05. The van der Waals surface area contributed by atoms with Crippen LogP contribution in [0.1, 0.15) is 17.0 Å². The van der Waals surface area contributed by atoms with E-state index in [0.29, 0.717) is 32.3 Å². The topological polar surface area (TPSA) is 105 Å². The molecule has 0 spiro atoms. The largest absolute Gasteiger partial charge is 0.379 e. The van der Waals surface area contributed by atoms with E-state index in [2.05, 4.69) is 20.5 Å². The van der Waals surface area contributed by atoms with Gasteiger partial charge in [0.25, 0.3) is 0 Å². The van der Waals surface area contributed by atoms with Crippen LogP contribution in [0.15, 0.2) is 64.6 Å². The van der Waals surface area contributed by atoms with Crippen LogP contribution in [0.25, 0.3) is 16.7 Å². The summed E-state index contributed by atoms with van der Waals surface area (Å²) in [5, 5.41) is 4.34. The standard InChI is InChI=1S/C24H26N6O3S/c1-17-14-19(16-25-28-24-26-22-8-3-4-9-23(22)27-24)18(2)30(17)20-6-5-7-21(15-20)34(31,32)29-10-12-33-13-11-29/h3-9,14-16H,10-13H2,1-2H3,(H2,26,27,28)/b25-16+. The van der Waals surface area contributed by atoms with Crippen molar-refractivity contribution in [2.75, 3.05) is 31.7 Å². The molecule has 9 nitrogen and oxygen atoms in total. The quantitative estimate of drug-likeness (QED) is 0.326. The highest BCUT2D eigenvalue weighted by atomic mass is 32.2. The zero-order chi connectivity index (χ0) is 23.7. The van der Waals surface area contributed by atoms with Gasteiger partial charge in [-0.05, 0) is 50.2 Å². The number of sulfonamides is 1. The zero-order valence-electron chi connectivity index (χ0n) is 19.0. The van der Waals surface area contributed by atoms with Crippen LogP contribution in [-0.2, 0) is 14.8 Å². The van der Waals surface area contributed by atoms with Crippen LogP contribution >= 0.6 is 0 Å². The Bertz CT molecular complexity index is 1430. The Balaban J connectivity index is 1.39. The third-order valence-corrected chi connectivity index (χ3v) is 7.81. The number of rotatable bonds is 6. The fourth-order valence-corrected chi connectivity index (χ4v) is 5.65. The van der Waals surface area contributed by atoms with E-state index in [1.807, 2.05) is 54.8 Å². The number of morpholine rings is 1. The second-order valence-corrected chi connectivity index (χ2v) is 10.1. The third kappa shape index (κ3) is 4.23. The van der Waals surface area contributed by atoms with Crippen LogP contribution in [0.3, 0.4) is 0 Å². The van der Waals surface area contributed by atoms with Crippen molar-refractivity contribution in [3.63, 3.8) is 0 Å². The van der Waals surface area contributed by atoms with Gasteiger partial charge in [-0.1, -0.05) is 18.2 Å². The molecule has 0 atom stereocenters. The Labute approximate surface area is 198 Å². The first kappa shape index (κ1) is 22.3. The molecule has 0 unspecified atom stereocenters. The number of hydrogen-bond donors (Lipinski definition) is 2. The highest BCUT2D eigenvalue weighted by molar-refractivity contribution is 7.89. The first-order valence-electron chi connectivity index (χ1n) is 11.0. The Morgan fingerprint density at radius 2 is 1.88 bits per heavy atom. The predicted molar refractivity (Wildman–Crippen MR) is 132 cm³/mol. The van der Waals surface area contributed by atoms with Gasteiger partial charge in [0.05, 0.1) is 35.4 Å². The van der Waals surface area contributed by atoms with E-state index in [1.54, 1.807) is 24.4 Å². The van der Waals surface area contributed by atoms with Gasteiger partial charge < -0.3 is 14.3 Å². The van der Waals surface area contributed by atoms with Crippen molar-refractivity contribution in [3.8, 4) is 5.69 Å². The Hall–Kier alpha value is -3.47. The van der Waals surface area contributed by atoms with E-state index in [-0.39, 0.29) is 4.90 Å². The number of nitrogens with zero attached hydrogens (tertiary/aromatic N) is 4. The molecule has 1 aliphatic rings. The lowest BCUT2D eigenvalue weighted by Gasteiger charge is -2.26. The number of anilines is 1. The minimum absolute atomic E-state index is 0.279. The molecule has 0 bridgehead atoms. The van der Waals surface area contributed by atoms with Crippen LogP contribution in [0.4, 0.5) is 5.95 Å². The molecule has 0 radical (unpaired) electrons. The Kier molecular flexibility index (Phi) is 5.94. The summed E-state index contributed by atoms with van der Waals surface area (Å²) in [5.41, 5.74) is 8.38. The molecule has 2 aromatic heterocycles. The number of H-pyrrole nitrogens is 1. The molecule has 0 aliphatic carbocycles. The number of ether oxygens (including phenoxy) is 1. The van der Waals surface area contributed by atoms with Crippen molar-refractivity contribution < 1.29 is 13.2 Å². The SMILES string of the molecule is Cc1cc(/C=N/Nc2nc3ccccc3[nH]2)c(C)n1-c1cccc(S(=O)(=O)N2CCOCC2)c1. The average Bonchev–Trinajstić information content (AvgIpc) is 3.39. The lowest BCUT2D eigenvalue weighted by atomic mass is 10.2. The van der Waals surface area contributed by atoms with Gasteiger partial charge >= 0.3 is 0 Å². The molecule has 1 aliphatic heterocycles. The summed E-state index contributed by atoms with van der Waals surface area (Å²) in [4.78, 5) is 7.91. The van der Waals surface area contributed by atoms with Gasteiger partial charge in [0.1, 0.15) is 0 Å². The van der Waals surface area contributed by atoms with E-state index in [4.69, 9.17) is 4.74 Å². The monoisotopic (exact) mass is 478 g/mol. The summed E-state index contributed by atoms with van der Waals surface area (Å²) >= 11 is 0. The molecular formula is C24H26N6O3S. The van der Waals surface area contributed by atoms with Crippen LogP contribution < -0.4 is 5.43 Å². The first-order valence-corrected chi connectivity index (χ1v) is 12.5. The Morgan fingerprint density at radius 3 is 2.68 bits per heavy atom. The highest BCUT2D eigenvalue weighted by Crippen LogP contribution is 2.24. The number of hydrogen-bond acceptors (Lipinski definition) is 6. The first-order chi connectivity index (χ1) is 16.4. The Morgan fingerprint density at radius 1 is 1.09 bits per heavy atom. The molecule has 1 saturated heterocycles. The normalized spacial score (nSPS) is 15.4. The van der Waals surface area contributed by atoms with Crippen molar-refractivity contribution in [1.82, 2.24) is 18.8 Å². The molecule has 5 rings (SSSR count). The van der Waals surface area contributed by atoms with Crippen molar-refractivity contribution in [2.24, 2.45) is 5.10 Å². The number of nitrogens with one attached hydrogen (secondary N) is 2. The summed E-state index contributed by atoms with van der Waals surface area (Å²) in [5.74, 6) is 0.562. The number of imidazole rings is 1. The van der Waals surface area contributed by atoms with Crippen molar-refractivity contribution in [2.45, 2.75) is 18.7 Å². The molecule has 2 aromatic carbocycles. The average molecular weight is 479 g/mol. The highest BCUT2D eigenvalue weighted by Gasteiger charge is 2.26. The van der Waals surface area contributed by atoms with E-state index in [0.717, 1.165) is 33.7 Å². The van der Waals surface area contributed by atoms with Gasteiger partial charge in [-0.15, -0.1) is 0 Å². The van der Waals surface area contributed by atoms with Crippen molar-refractivity contribution >= 4 is 33.2 Å². The van der Waals surface area contributed by atoms with Crippen molar-refractivity contribution in [3.05, 3.63) is 71.5 Å². The van der Waals surface area contributed by atoms with E-state index in [9.17, 15) is 8.42 Å². The lowest BCUT2D eigenvalue weighted by Crippen LogP contribution is -2.40. The number of para-hydroxylation sites is 2. The molecule has 10 heteroatoms. The summed E-state index contributed by atoms with van der Waals surface area (Å²) in [6.45, 7) is 5.54. The molecule has 2 N–H and O–H groups in total. The number of aromatic amines is 1. The minimum Gasteiger partial charge on any atom is -0.379 e. The van der Waals surface area contributed by atoms with Crippen LogP contribution in [0.2, 0.25) is 0 Å². The van der Waals surface area contributed by atoms with E-state index < -0.39 is 10.0 Å². The van der Waals surface area contributed by atoms with E-state index in [1.165, 1.54) is 4.31 Å². The molecule has 3 heterocycles. The molecule has 1 fully saturated rings. The van der Waals surface area contributed by atoms with Gasteiger partial charge in [-0.25, -0.2) is 18.8 Å².